The molecule has 0 radical (unpaired) electrons. The van der Waals surface area contributed by atoms with Crippen LogP contribution in [-0.4, -0.2) is 84.3 Å². The summed E-state index contributed by atoms with van der Waals surface area (Å²) in [5, 5.41) is 5.55. The van der Waals surface area contributed by atoms with Crippen LogP contribution in [-0.2, 0) is 14.3 Å². The van der Waals surface area contributed by atoms with Gasteiger partial charge in [-0.2, -0.15) is 5.10 Å². The number of fused-ring (bicyclic) bond motifs is 1. The van der Waals surface area contributed by atoms with Gasteiger partial charge in [0, 0.05) is 46.1 Å². The third-order valence-electron chi connectivity index (χ3n) is 6.90. The Kier molecular flexibility index (Phi) is 8.17. The number of urea groups is 1. The molecule has 4 amide bonds. The van der Waals surface area contributed by atoms with Gasteiger partial charge >= 0.3 is 12.1 Å². The number of imide groups is 1. The fourth-order valence-corrected chi connectivity index (χ4v) is 5.53. The number of nitrogens with zero attached hydrogens (tertiary/aromatic N) is 5. The Bertz CT molecular complexity index is 1180. The Labute approximate surface area is 225 Å². The molecule has 0 unspecified atom stereocenters. The molecule has 2 aliphatic heterocycles. The molecule has 208 valence electrons. The molecule has 10 nitrogen and oxygen atoms in total. The van der Waals surface area contributed by atoms with Crippen molar-refractivity contribution in [3.8, 4) is 0 Å². The summed E-state index contributed by atoms with van der Waals surface area (Å²) in [5.74, 6) is -0.209. The maximum Gasteiger partial charge on any atom is 0.410 e. The number of anilines is 1. The molecule has 2 aromatic rings. The Morgan fingerprint density at radius 1 is 1.11 bits per heavy atom. The van der Waals surface area contributed by atoms with Gasteiger partial charge in [-0.15, -0.1) is 0 Å². The summed E-state index contributed by atoms with van der Waals surface area (Å²) in [6, 6.07) is 6.57. The largest absolute Gasteiger partial charge is 0.444 e. The summed E-state index contributed by atoms with van der Waals surface area (Å²) < 4.78 is 13.3. The molecule has 38 heavy (non-hydrogen) atoms. The summed E-state index contributed by atoms with van der Waals surface area (Å²) >= 11 is 0. The molecule has 0 aliphatic carbocycles. The highest BCUT2D eigenvalue weighted by Gasteiger charge is 2.34. The molecule has 0 N–H and O–H groups in total. The van der Waals surface area contributed by atoms with Gasteiger partial charge in [-0.1, -0.05) is 25.7 Å². The highest BCUT2D eigenvalue weighted by Crippen LogP contribution is 2.33. The smallest absolute Gasteiger partial charge is 0.410 e. The number of hydrogen-bond donors (Lipinski definition) is 0. The van der Waals surface area contributed by atoms with Crippen molar-refractivity contribution >= 4 is 42.7 Å². The van der Waals surface area contributed by atoms with Crippen molar-refractivity contribution in [1.82, 2.24) is 19.6 Å². The van der Waals surface area contributed by atoms with E-state index in [2.05, 4.69) is 24.7 Å². The fourth-order valence-electron chi connectivity index (χ4n) is 4.78. The van der Waals surface area contributed by atoms with E-state index in [1.807, 2.05) is 43.7 Å². The molecule has 4 rings (SSSR count). The van der Waals surface area contributed by atoms with Gasteiger partial charge in [0.2, 0.25) is 5.91 Å². The Balaban J connectivity index is 1.45. The van der Waals surface area contributed by atoms with Crippen molar-refractivity contribution in [2.24, 2.45) is 0 Å². The van der Waals surface area contributed by atoms with Crippen molar-refractivity contribution in [3.63, 3.8) is 0 Å². The van der Waals surface area contributed by atoms with Gasteiger partial charge < -0.3 is 14.4 Å². The quantitative estimate of drug-likeness (QED) is 0.357. The third kappa shape index (κ3) is 6.55. The zero-order chi connectivity index (χ0) is 27.7. The Morgan fingerprint density at radius 2 is 1.82 bits per heavy atom. The number of hydrogen-bond acceptors (Lipinski definition) is 6. The average Bonchev–Trinajstić information content (AvgIpc) is 3.26. The summed E-state index contributed by atoms with van der Waals surface area (Å²) in [6.07, 6.45) is 3.29. The third-order valence-corrected chi connectivity index (χ3v) is 8.60. The summed E-state index contributed by atoms with van der Waals surface area (Å²) in [6.45, 7) is 14.4. The molecule has 11 heteroatoms. The van der Waals surface area contributed by atoms with E-state index < -0.39 is 13.7 Å². The SMILES string of the molecule is CC(C)(C)OC(=O)N1CCC(n2ncc3c(N4CCC(=O)N(COCC[Si](C)(C)C)C4=O)cccc32)CC1. The van der Waals surface area contributed by atoms with Crippen LogP contribution < -0.4 is 4.90 Å². The second kappa shape index (κ2) is 11.1. The molecule has 2 aliphatic rings. The van der Waals surface area contributed by atoms with Gasteiger partial charge in [0.1, 0.15) is 12.3 Å². The van der Waals surface area contributed by atoms with Crippen LogP contribution in [0.1, 0.15) is 46.1 Å². The highest BCUT2D eigenvalue weighted by atomic mass is 28.3. The molecule has 0 spiro atoms. The van der Waals surface area contributed by atoms with E-state index >= 15 is 0 Å². The normalized spacial score (nSPS) is 18.0. The first kappa shape index (κ1) is 28.1. The zero-order valence-electron chi connectivity index (χ0n) is 23.5. The van der Waals surface area contributed by atoms with Crippen LogP contribution in [0, 0.1) is 0 Å². The number of ether oxygens (including phenoxy) is 2. The Morgan fingerprint density at radius 3 is 2.47 bits per heavy atom. The van der Waals surface area contributed by atoms with E-state index in [0.717, 1.165) is 35.5 Å². The minimum Gasteiger partial charge on any atom is -0.444 e. The highest BCUT2D eigenvalue weighted by molar-refractivity contribution is 6.76. The molecule has 2 fully saturated rings. The first-order valence-electron chi connectivity index (χ1n) is 13.5. The lowest BCUT2D eigenvalue weighted by Crippen LogP contribution is -2.53. The van der Waals surface area contributed by atoms with Gasteiger partial charge in [0.25, 0.3) is 0 Å². The number of carbonyl (C=O) groups is 3. The number of rotatable bonds is 7. The van der Waals surface area contributed by atoms with Crippen LogP contribution in [0.5, 0.6) is 0 Å². The maximum absolute atomic E-state index is 13.4. The number of amides is 4. The molecule has 0 bridgehead atoms. The van der Waals surface area contributed by atoms with Crippen LogP contribution in [0.3, 0.4) is 0 Å². The number of aromatic nitrogens is 2. The number of likely N-dealkylation sites (tertiary alicyclic amines) is 1. The molecule has 1 aromatic heterocycles. The van der Waals surface area contributed by atoms with Crippen LogP contribution >= 0.6 is 0 Å². The summed E-state index contributed by atoms with van der Waals surface area (Å²) in [7, 11) is -1.26. The average molecular weight is 544 g/mol. The van der Waals surface area contributed by atoms with Crippen LogP contribution in [0.4, 0.5) is 15.3 Å². The molecule has 1 aromatic carbocycles. The van der Waals surface area contributed by atoms with Crippen molar-refractivity contribution in [1.29, 1.82) is 0 Å². The summed E-state index contributed by atoms with van der Waals surface area (Å²) in [5.41, 5.74) is 1.15. The maximum atomic E-state index is 13.4. The first-order valence-corrected chi connectivity index (χ1v) is 17.2. The van der Waals surface area contributed by atoms with Crippen molar-refractivity contribution in [2.45, 2.75) is 77.4 Å². The lowest BCUT2D eigenvalue weighted by Gasteiger charge is -2.34. The molecular formula is C27H41N5O5Si. The molecule has 2 saturated heterocycles. The minimum atomic E-state index is -1.26. The molecule has 0 atom stereocenters. The van der Waals surface area contributed by atoms with Crippen LogP contribution in [0.2, 0.25) is 25.7 Å². The van der Waals surface area contributed by atoms with E-state index in [-0.39, 0.29) is 37.2 Å². The van der Waals surface area contributed by atoms with Crippen molar-refractivity contribution < 1.29 is 23.9 Å². The molecule has 0 saturated carbocycles. The standard InChI is InChI=1S/C27H41N5O5Si/c1-27(2,3)37-26(35)29-13-10-20(11-14-29)32-23-9-7-8-22(21(23)18-28-32)30-15-12-24(33)31(25(30)34)19-36-16-17-38(4,5)6/h7-9,18,20H,10-17,19H2,1-6H3. The second-order valence-corrected chi connectivity index (χ2v) is 18.0. The van der Waals surface area contributed by atoms with Gasteiger partial charge in [-0.25, -0.2) is 14.5 Å². The van der Waals surface area contributed by atoms with Crippen molar-refractivity contribution in [3.05, 3.63) is 24.4 Å². The van der Waals surface area contributed by atoms with Gasteiger partial charge in [-0.05, 0) is 51.8 Å². The molecule has 3 heterocycles. The van der Waals surface area contributed by atoms with Gasteiger partial charge in [-0.3, -0.25) is 14.4 Å². The predicted molar refractivity (Wildman–Crippen MR) is 149 cm³/mol. The van der Waals surface area contributed by atoms with E-state index in [9.17, 15) is 14.4 Å². The van der Waals surface area contributed by atoms with Crippen LogP contribution in [0.15, 0.2) is 24.4 Å². The second-order valence-electron chi connectivity index (χ2n) is 12.4. The monoisotopic (exact) mass is 543 g/mol. The minimum absolute atomic E-state index is 0.0237. The zero-order valence-corrected chi connectivity index (χ0v) is 24.5. The predicted octanol–water partition coefficient (Wildman–Crippen LogP) is 5.08. The number of benzene rings is 1. The van der Waals surface area contributed by atoms with E-state index in [1.54, 1.807) is 16.0 Å². The topological polar surface area (TPSA) is 97.2 Å². The van der Waals surface area contributed by atoms with E-state index in [1.165, 1.54) is 4.90 Å². The first-order chi connectivity index (χ1) is 17.8. The van der Waals surface area contributed by atoms with E-state index in [0.29, 0.717) is 26.2 Å². The van der Waals surface area contributed by atoms with Crippen LogP contribution in [0.25, 0.3) is 10.9 Å². The lowest BCUT2D eigenvalue weighted by atomic mass is 10.1. The van der Waals surface area contributed by atoms with Gasteiger partial charge in [0.05, 0.1) is 23.4 Å². The summed E-state index contributed by atoms with van der Waals surface area (Å²) in [4.78, 5) is 43.0. The number of piperidine rings is 1. The fraction of sp³-hybridized carbons (Fsp3) is 0.630. The van der Waals surface area contributed by atoms with Crippen molar-refractivity contribution in [2.75, 3.05) is 37.9 Å². The molecular weight excluding hydrogens is 502 g/mol. The van der Waals surface area contributed by atoms with Gasteiger partial charge in [0.15, 0.2) is 0 Å². The lowest BCUT2D eigenvalue weighted by molar-refractivity contribution is -0.133. The Hall–Kier alpha value is -2.92. The van der Waals surface area contributed by atoms with E-state index in [4.69, 9.17) is 9.47 Å². The number of carbonyl (C=O) groups excluding carboxylic acids is 3.